The maximum absolute atomic E-state index is 5.44. The van der Waals surface area contributed by atoms with E-state index in [9.17, 15) is 0 Å². The highest BCUT2D eigenvalue weighted by atomic mass is 32.1. The number of ether oxygens (including phenoxy) is 3. The molecule has 0 bridgehead atoms. The van der Waals surface area contributed by atoms with Crippen molar-refractivity contribution in [1.82, 2.24) is 9.97 Å². The van der Waals surface area contributed by atoms with Crippen molar-refractivity contribution in [2.45, 2.75) is 6.54 Å². The number of hydrogen-bond acceptors (Lipinski definition) is 7. The third kappa shape index (κ3) is 3.82. The number of hydrogen-bond donors (Lipinski definition) is 1. The molecule has 0 atom stereocenters. The second-order valence-corrected chi connectivity index (χ2v) is 7.35. The maximum Gasteiger partial charge on any atom is 0.203 e. The topological polar surface area (TPSA) is 65.5 Å². The van der Waals surface area contributed by atoms with Gasteiger partial charge in [0, 0.05) is 11.4 Å². The van der Waals surface area contributed by atoms with E-state index in [0.717, 1.165) is 26.5 Å². The van der Waals surface area contributed by atoms with Gasteiger partial charge in [-0.3, -0.25) is 0 Å². The van der Waals surface area contributed by atoms with Crippen LogP contribution in [0.2, 0.25) is 0 Å². The molecule has 7 heteroatoms. The van der Waals surface area contributed by atoms with Gasteiger partial charge in [0.1, 0.15) is 12.1 Å². The average Bonchev–Trinajstić information content (AvgIpc) is 3.22. The molecule has 2 aromatic heterocycles. The first kappa shape index (κ1) is 19.0. The molecule has 1 N–H and O–H groups in total. The molecule has 0 radical (unpaired) electrons. The van der Waals surface area contributed by atoms with E-state index in [1.807, 2.05) is 30.3 Å². The number of rotatable bonds is 7. The van der Waals surface area contributed by atoms with Crippen LogP contribution in [-0.2, 0) is 6.54 Å². The molecule has 0 aliphatic heterocycles. The third-order valence-corrected chi connectivity index (χ3v) is 5.73. The minimum Gasteiger partial charge on any atom is -0.493 e. The quantitative estimate of drug-likeness (QED) is 0.465. The van der Waals surface area contributed by atoms with Gasteiger partial charge in [-0.25, -0.2) is 9.97 Å². The lowest BCUT2D eigenvalue weighted by Crippen LogP contribution is -2.03. The second kappa shape index (κ2) is 8.36. The van der Waals surface area contributed by atoms with Crippen LogP contribution >= 0.6 is 11.3 Å². The van der Waals surface area contributed by atoms with Crippen LogP contribution < -0.4 is 19.5 Å². The number of nitrogens with zero attached hydrogens (tertiary/aromatic N) is 2. The predicted octanol–water partition coefficient (Wildman–Crippen LogP) is 5.00. The van der Waals surface area contributed by atoms with Gasteiger partial charge >= 0.3 is 0 Å². The highest BCUT2D eigenvalue weighted by molar-refractivity contribution is 7.22. The molecule has 0 amide bonds. The Morgan fingerprint density at radius 3 is 2.28 bits per heavy atom. The number of benzene rings is 2. The lowest BCUT2D eigenvalue weighted by molar-refractivity contribution is 0.324. The summed E-state index contributed by atoms with van der Waals surface area (Å²) >= 11 is 1.68. The highest BCUT2D eigenvalue weighted by Crippen LogP contribution is 2.39. The monoisotopic (exact) mass is 407 g/mol. The maximum atomic E-state index is 5.44. The molecule has 148 valence electrons. The Labute approximate surface area is 173 Å². The molecular weight excluding hydrogens is 386 g/mol. The van der Waals surface area contributed by atoms with Crippen molar-refractivity contribution in [3.63, 3.8) is 0 Å². The summed E-state index contributed by atoms with van der Waals surface area (Å²) in [6.45, 7) is 0.557. The first-order chi connectivity index (χ1) is 14.2. The number of anilines is 1. The summed E-state index contributed by atoms with van der Waals surface area (Å²) in [6.07, 6.45) is 1.58. The first-order valence-corrected chi connectivity index (χ1v) is 9.88. The van der Waals surface area contributed by atoms with E-state index in [2.05, 4.69) is 33.5 Å². The molecule has 0 saturated heterocycles. The van der Waals surface area contributed by atoms with Crippen LogP contribution in [0.15, 0.2) is 54.9 Å². The lowest BCUT2D eigenvalue weighted by Gasteiger charge is -2.14. The third-order valence-electron chi connectivity index (χ3n) is 4.55. The van der Waals surface area contributed by atoms with Crippen molar-refractivity contribution in [1.29, 1.82) is 0 Å². The van der Waals surface area contributed by atoms with Gasteiger partial charge in [-0.05, 0) is 29.3 Å². The van der Waals surface area contributed by atoms with Gasteiger partial charge in [0.15, 0.2) is 11.5 Å². The molecule has 2 aromatic carbocycles. The van der Waals surface area contributed by atoms with Crippen LogP contribution in [0.1, 0.15) is 5.56 Å². The number of aromatic nitrogens is 2. The average molecular weight is 407 g/mol. The molecule has 6 nitrogen and oxygen atoms in total. The normalized spacial score (nSPS) is 10.7. The Hall–Kier alpha value is -3.32. The SMILES string of the molecule is COc1cc(CNc2ncnc3cc(-c4ccccc4)sc23)cc(OC)c1OC. The van der Waals surface area contributed by atoms with Crippen LogP contribution in [0.25, 0.3) is 20.7 Å². The van der Waals surface area contributed by atoms with E-state index in [1.54, 1.807) is 39.0 Å². The van der Waals surface area contributed by atoms with Crippen molar-refractivity contribution in [3.8, 4) is 27.7 Å². The van der Waals surface area contributed by atoms with Gasteiger partial charge in [0.2, 0.25) is 5.75 Å². The molecule has 0 saturated carbocycles. The Bertz CT molecular complexity index is 1100. The van der Waals surface area contributed by atoms with Crippen LogP contribution in [-0.4, -0.2) is 31.3 Å². The Morgan fingerprint density at radius 2 is 1.62 bits per heavy atom. The molecular formula is C22H21N3O3S. The van der Waals surface area contributed by atoms with Gasteiger partial charge in [-0.1, -0.05) is 30.3 Å². The van der Waals surface area contributed by atoms with E-state index < -0.39 is 0 Å². The van der Waals surface area contributed by atoms with Crippen molar-refractivity contribution < 1.29 is 14.2 Å². The number of methoxy groups -OCH3 is 3. The predicted molar refractivity (Wildman–Crippen MR) is 116 cm³/mol. The molecule has 0 fully saturated rings. The Morgan fingerprint density at radius 1 is 0.897 bits per heavy atom. The fourth-order valence-corrected chi connectivity index (χ4v) is 4.23. The molecule has 2 heterocycles. The zero-order valence-electron chi connectivity index (χ0n) is 16.4. The molecule has 29 heavy (non-hydrogen) atoms. The van der Waals surface area contributed by atoms with Crippen LogP contribution in [0.4, 0.5) is 5.82 Å². The van der Waals surface area contributed by atoms with E-state index in [1.165, 1.54) is 5.56 Å². The van der Waals surface area contributed by atoms with Crippen LogP contribution in [0.3, 0.4) is 0 Å². The lowest BCUT2D eigenvalue weighted by atomic mass is 10.1. The summed E-state index contributed by atoms with van der Waals surface area (Å²) in [7, 11) is 4.81. The summed E-state index contributed by atoms with van der Waals surface area (Å²) in [5.41, 5.74) is 3.09. The van der Waals surface area contributed by atoms with Gasteiger partial charge in [0.25, 0.3) is 0 Å². The number of fused-ring (bicyclic) bond motifs is 1. The Balaban J connectivity index is 1.63. The number of nitrogens with one attached hydrogen (secondary N) is 1. The molecule has 0 aliphatic rings. The van der Waals surface area contributed by atoms with E-state index >= 15 is 0 Å². The van der Waals surface area contributed by atoms with Gasteiger partial charge in [0.05, 0.1) is 31.5 Å². The molecule has 4 rings (SSSR count). The van der Waals surface area contributed by atoms with Crippen molar-refractivity contribution in [3.05, 3.63) is 60.4 Å². The van der Waals surface area contributed by atoms with Crippen LogP contribution in [0.5, 0.6) is 17.2 Å². The minimum absolute atomic E-state index is 0.557. The van der Waals surface area contributed by atoms with E-state index in [0.29, 0.717) is 23.8 Å². The van der Waals surface area contributed by atoms with Gasteiger partial charge in [-0.15, -0.1) is 11.3 Å². The fourth-order valence-electron chi connectivity index (χ4n) is 3.15. The van der Waals surface area contributed by atoms with Crippen molar-refractivity contribution in [2.75, 3.05) is 26.6 Å². The summed E-state index contributed by atoms with van der Waals surface area (Å²) in [4.78, 5) is 10.0. The fraction of sp³-hybridized carbons (Fsp3) is 0.182. The second-order valence-electron chi connectivity index (χ2n) is 6.30. The molecule has 0 spiro atoms. The first-order valence-electron chi connectivity index (χ1n) is 9.06. The molecule has 0 unspecified atom stereocenters. The van der Waals surface area contributed by atoms with Crippen molar-refractivity contribution in [2.24, 2.45) is 0 Å². The zero-order chi connectivity index (χ0) is 20.2. The van der Waals surface area contributed by atoms with Crippen LogP contribution in [0, 0.1) is 0 Å². The highest BCUT2D eigenvalue weighted by Gasteiger charge is 2.14. The number of thiophene rings is 1. The van der Waals surface area contributed by atoms with Gasteiger partial charge < -0.3 is 19.5 Å². The zero-order valence-corrected chi connectivity index (χ0v) is 17.2. The molecule has 4 aromatic rings. The summed E-state index contributed by atoms with van der Waals surface area (Å²) in [5, 5.41) is 3.42. The summed E-state index contributed by atoms with van der Waals surface area (Å²) in [6, 6.07) is 16.2. The van der Waals surface area contributed by atoms with Gasteiger partial charge in [-0.2, -0.15) is 0 Å². The molecule has 0 aliphatic carbocycles. The summed E-state index contributed by atoms with van der Waals surface area (Å²) < 4.78 is 17.3. The standard InChI is InChI=1S/C22H21N3O3S/c1-26-17-9-14(10-18(27-2)20(17)28-3)12-23-22-21-16(24-13-25-22)11-19(29-21)15-7-5-4-6-8-15/h4-11,13H,12H2,1-3H3,(H,23,24,25). The summed E-state index contributed by atoms with van der Waals surface area (Å²) in [5.74, 6) is 2.63. The minimum atomic E-state index is 0.557. The van der Waals surface area contributed by atoms with E-state index in [-0.39, 0.29) is 0 Å². The smallest absolute Gasteiger partial charge is 0.203 e. The largest absolute Gasteiger partial charge is 0.493 e. The van der Waals surface area contributed by atoms with E-state index in [4.69, 9.17) is 14.2 Å². The van der Waals surface area contributed by atoms with Crippen molar-refractivity contribution >= 4 is 27.4 Å². The Kier molecular flexibility index (Phi) is 5.48.